The fourth-order valence-corrected chi connectivity index (χ4v) is 1.96. The molecule has 0 bridgehead atoms. The fourth-order valence-electron chi connectivity index (χ4n) is 1.96. The minimum atomic E-state index is 0.0263. The van der Waals surface area contributed by atoms with Gasteiger partial charge in [-0.25, -0.2) is 0 Å². The van der Waals surface area contributed by atoms with Gasteiger partial charge in [0.2, 0.25) is 0 Å². The van der Waals surface area contributed by atoms with Crippen LogP contribution < -0.4 is 10.6 Å². The Bertz CT molecular complexity index is 392. The number of hydrogen-bond donors (Lipinski definition) is 2. The standard InChI is InChI=1S/C13H20N4/c1-9(2)8-17(10-3-4-10)11-5-6-12(13(14)15)16-7-11/h5-7,9-10H,3-4,8H2,1-2H3,(H3,14,15). The molecular weight excluding hydrogens is 212 g/mol. The van der Waals surface area contributed by atoms with Gasteiger partial charge in [0.1, 0.15) is 11.5 Å². The number of nitrogen functional groups attached to an aromatic ring is 1. The Kier molecular flexibility index (Phi) is 3.31. The van der Waals surface area contributed by atoms with Crippen LogP contribution in [0.4, 0.5) is 5.69 Å². The van der Waals surface area contributed by atoms with E-state index in [4.69, 9.17) is 11.1 Å². The first-order valence-corrected chi connectivity index (χ1v) is 6.15. The van der Waals surface area contributed by atoms with E-state index >= 15 is 0 Å². The van der Waals surface area contributed by atoms with Crippen LogP contribution in [0.2, 0.25) is 0 Å². The Hall–Kier alpha value is -1.58. The zero-order valence-corrected chi connectivity index (χ0v) is 10.5. The van der Waals surface area contributed by atoms with Crippen LogP contribution in [0.15, 0.2) is 18.3 Å². The van der Waals surface area contributed by atoms with Gasteiger partial charge in [-0.05, 0) is 30.9 Å². The number of nitrogens with one attached hydrogen (secondary N) is 1. The van der Waals surface area contributed by atoms with Gasteiger partial charge in [-0.3, -0.25) is 10.4 Å². The van der Waals surface area contributed by atoms with Gasteiger partial charge in [0, 0.05) is 12.6 Å². The Balaban J connectivity index is 2.15. The second-order valence-electron chi connectivity index (χ2n) is 5.09. The first-order chi connectivity index (χ1) is 8.08. The molecule has 1 heterocycles. The van der Waals surface area contributed by atoms with Crippen LogP contribution in [-0.4, -0.2) is 23.4 Å². The van der Waals surface area contributed by atoms with E-state index in [1.54, 1.807) is 0 Å². The number of nitrogens with two attached hydrogens (primary N) is 1. The van der Waals surface area contributed by atoms with E-state index in [2.05, 4.69) is 23.7 Å². The largest absolute Gasteiger partial charge is 0.382 e. The molecule has 0 radical (unpaired) electrons. The van der Waals surface area contributed by atoms with Crippen molar-refractivity contribution in [3.05, 3.63) is 24.0 Å². The molecule has 0 aromatic carbocycles. The Morgan fingerprint density at radius 3 is 2.65 bits per heavy atom. The minimum absolute atomic E-state index is 0.0263. The highest BCUT2D eigenvalue weighted by atomic mass is 15.2. The van der Waals surface area contributed by atoms with Gasteiger partial charge in [0.15, 0.2) is 0 Å². The third-order valence-electron chi connectivity index (χ3n) is 2.90. The molecule has 3 N–H and O–H groups in total. The quantitative estimate of drug-likeness (QED) is 0.602. The van der Waals surface area contributed by atoms with Crippen LogP contribution in [0.5, 0.6) is 0 Å². The van der Waals surface area contributed by atoms with E-state index in [0.29, 0.717) is 17.7 Å². The zero-order chi connectivity index (χ0) is 12.4. The summed E-state index contributed by atoms with van der Waals surface area (Å²) >= 11 is 0. The molecule has 1 aliphatic rings. The third-order valence-corrected chi connectivity index (χ3v) is 2.90. The van der Waals surface area contributed by atoms with E-state index in [-0.39, 0.29) is 5.84 Å². The topological polar surface area (TPSA) is 66.0 Å². The predicted octanol–water partition coefficient (Wildman–Crippen LogP) is 1.99. The number of amidine groups is 1. The van der Waals surface area contributed by atoms with Crippen molar-refractivity contribution in [1.29, 1.82) is 5.41 Å². The lowest BCUT2D eigenvalue weighted by molar-refractivity contribution is 0.607. The molecule has 1 aromatic heterocycles. The monoisotopic (exact) mass is 232 g/mol. The molecule has 1 aromatic rings. The Labute approximate surface area is 102 Å². The third kappa shape index (κ3) is 2.96. The number of aromatic nitrogens is 1. The summed E-state index contributed by atoms with van der Waals surface area (Å²) in [4.78, 5) is 6.64. The SMILES string of the molecule is CC(C)CN(c1ccc(C(=N)N)nc1)C1CC1. The van der Waals surface area contributed by atoms with Gasteiger partial charge in [0.05, 0.1) is 11.9 Å². The smallest absolute Gasteiger partial charge is 0.141 e. The van der Waals surface area contributed by atoms with Crippen LogP contribution in [0, 0.1) is 11.3 Å². The average molecular weight is 232 g/mol. The van der Waals surface area contributed by atoms with Gasteiger partial charge in [-0.1, -0.05) is 13.8 Å². The highest BCUT2D eigenvalue weighted by Crippen LogP contribution is 2.31. The van der Waals surface area contributed by atoms with E-state index in [0.717, 1.165) is 12.2 Å². The van der Waals surface area contributed by atoms with E-state index in [1.807, 2.05) is 18.3 Å². The molecule has 4 nitrogen and oxygen atoms in total. The molecule has 2 rings (SSSR count). The van der Waals surface area contributed by atoms with Gasteiger partial charge < -0.3 is 10.6 Å². The number of pyridine rings is 1. The number of rotatable bonds is 5. The zero-order valence-electron chi connectivity index (χ0n) is 10.5. The van der Waals surface area contributed by atoms with Gasteiger partial charge in [0.25, 0.3) is 0 Å². The molecule has 0 aliphatic heterocycles. The van der Waals surface area contributed by atoms with Gasteiger partial charge >= 0.3 is 0 Å². The predicted molar refractivity (Wildman–Crippen MR) is 70.5 cm³/mol. The second-order valence-corrected chi connectivity index (χ2v) is 5.09. The maximum atomic E-state index is 7.32. The molecular formula is C13H20N4. The molecule has 1 aliphatic carbocycles. The number of anilines is 1. The molecule has 0 unspecified atom stereocenters. The van der Waals surface area contributed by atoms with Gasteiger partial charge in [-0.2, -0.15) is 0 Å². The normalized spacial score (nSPS) is 15.0. The lowest BCUT2D eigenvalue weighted by Gasteiger charge is -2.26. The van der Waals surface area contributed by atoms with E-state index < -0.39 is 0 Å². The summed E-state index contributed by atoms with van der Waals surface area (Å²) in [6, 6.07) is 4.53. The van der Waals surface area contributed by atoms with Crippen molar-refractivity contribution in [1.82, 2.24) is 4.98 Å². The molecule has 17 heavy (non-hydrogen) atoms. The maximum absolute atomic E-state index is 7.32. The molecule has 1 fully saturated rings. The van der Waals surface area contributed by atoms with E-state index in [1.165, 1.54) is 12.8 Å². The van der Waals surface area contributed by atoms with Crippen LogP contribution in [-0.2, 0) is 0 Å². The first-order valence-electron chi connectivity index (χ1n) is 6.15. The molecule has 1 saturated carbocycles. The fraction of sp³-hybridized carbons (Fsp3) is 0.538. The Morgan fingerprint density at radius 2 is 2.24 bits per heavy atom. The number of hydrogen-bond acceptors (Lipinski definition) is 3. The summed E-state index contributed by atoms with van der Waals surface area (Å²) < 4.78 is 0. The Morgan fingerprint density at radius 1 is 1.53 bits per heavy atom. The van der Waals surface area contributed by atoms with Crippen molar-refractivity contribution in [2.75, 3.05) is 11.4 Å². The minimum Gasteiger partial charge on any atom is -0.382 e. The van der Waals surface area contributed by atoms with Crippen LogP contribution in [0.3, 0.4) is 0 Å². The molecule has 92 valence electrons. The maximum Gasteiger partial charge on any atom is 0.141 e. The van der Waals surface area contributed by atoms with Gasteiger partial charge in [-0.15, -0.1) is 0 Å². The summed E-state index contributed by atoms with van der Waals surface area (Å²) in [5.74, 6) is 0.668. The van der Waals surface area contributed by atoms with Crippen LogP contribution in [0.25, 0.3) is 0 Å². The highest BCUT2D eigenvalue weighted by Gasteiger charge is 2.29. The van der Waals surface area contributed by atoms with Crippen molar-refractivity contribution in [2.45, 2.75) is 32.7 Å². The summed E-state index contributed by atoms with van der Waals surface area (Å²) in [5.41, 5.74) is 7.09. The molecule has 0 amide bonds. The summed E-state index contributed by atoms with van der Waals surface area (Å²) in [6.07, 6.45) is 4.39. The lowest BCUT2D eigenvalue weighted by atomic mass is 10.2. The average Bonchev–Trinajstić information content (AvgIpc) is 3.09. The summed E-state index contributed by atoms with van der Waals surface area (Å²) in [5, 5.41) is 7.32. The van der Waals surface area contributed by atoms with Crippen molar-refractivity contribution in [3.8, 4) is 0 Å². The summed E-state index contributed by atoms with van der Waals surface area (Å²) in [7, 11) is 0. The van der Waals surface area contributed by atoms with E-state index in [9.17, 15) is 0 Å². The molecule has 4 heteroatoms. The first kappa shape index (κ1) is 11.9. The van der Waals surface area contributed by atoms with Crippen molar-refractivity contribution in [2.24, 2.45) is 11.7 Å². The molecule has 0 spiro atoms. The van der Waals surface area contributed by atoms with Crippen molar-refractivity contribution >= 4 is 11.5 Å². The number of nitrogens with zero attached hydrogens (tertiary/aromatic N) is 2. The molecule has 0 atom stereocenters. The van der Waals surface area contributed by atoms with Crippen LogP contribution in [0.1, 0.15) is 32.4 Å². The summed E-state index contributed by atoms with van der Waals surface area (Å²) in [6.45, 7) is 5.52. The van der Waals surface area contributed by atoms with Crippen molar-refractivity contribution < 1.29 is 0 Å². The second kappa shape index (κ2) is 4.73. The lowest BCUT2D eigenvalue weighted by Crippen LogP contribution is -2.30. The van der Waals surface area contributed by atoms with Crippen LogP contribution >= 0.6 is 0 Å². The van der Waals surface area contributed by atoms with Crippen molar-refractivity contribution in [3.63, 3.8) is 0 Å². The molecule has 0 saturated heterocycles. The highest BCUT2D eigenvalue weighted by molar-refractivity contribution is 5.93.